The van der Waals surface area contributed by atoms with Gasteiger partial charge in [-0.3, -0.25) is 0 Å². The Morgan fingerprint density at radius 3 is 1.75 bits per heavy atom. The fraction of sp³-hybridized carbons (Fsp3) is 1.00. The van der Waals surface area contributed by atoms with Gasteiger partial charge in [0.2, 0.25) is 0 Å². The van der Waals surface area contributed by atoms with Crippen LogP contribution in [0.25, 0.3) is 0 Å². The fourth-order valence-electron chi connectivity index (χ4n) is 4.80. The molecular formula is C18H34O2. The lowest BCUT2D eigenvalue weighted by Gasteiger charge is -2.39. The van der Waals surface area contributed by atoms with E-state index in [4.69, 9.17) is 0 Å². The summed E-state index contributed by atoms with van der Waals surface area (Å²) in [6.45, 7) is 2.63. The summed E-state index contributed by atoms with van der Waals surface area (Å²) in [4.78, 5) is 0. The van der Waals surface area contributed by atoms with Gasteiger partial charge >= 0.3 is 0 Å². The van der Waals surface area contributed by atoms with Crippen molar-refractivity contribution in [1.82, 2.24) is 0 Å². The van der Waals surface area contributed by atoms with Crippen LogP contribution in [-0.2, 0) is 0 Å². The lowest BCUT2D eigenvalue weighted by Crippen LogP contribution is -2.30. The normalized spacial score (nSPS) is 35.4. The minimum absolute atomic E-state index is 0.135. The Balaban J connectivity index is 1.72. The van der Waals surface area contributed by atoms with Gasteiger partial charge in [-0.2, -0.15) is 0 Å². The standard InChI is InChI=1S/C18H34O2/c1-2-3-14-4-6-15(7-5-14)16-8-10-17(11-9-16)18(12-19)13-20/h14-20H,2-13H2,1H3/t14-,15-,16?,17?. The summed E-state index contributed by atoms with van der Waals surface area (Å²) in [7, 11) is 0. The molecule has 2 heteroatoms. The molecule has 2 aliphatic rings. The Kier molecular flexibility index (Phi) is 6.83. The van der Waals surface area contributed by atoms with Crippen LogP contribution in [-0.4, -0.2) is 23.4 Å². The third kappa shape index (κ3) is 4.21. The molecule has 2 aliphatic carbocycles. The highest BCUT2D eigenvalue weighted by Gasteiger charge is 2.32. The Morgan fingerprint density at radius 1 is 0.800 bits per heavy atom. The molecule has 2 N–H and O–H groups in total. The summed E-state index contributed by atoms with van der Waals surface area (Å²) < 4.78 is 0. The van der Waals surface area contributed by atoms with Crippen molar-refractivity contribution in [3.05, 3.63) is 0 Å². The number of hydrogen-bond acceptors (Lipinski definition) is 2. The first-order valence-electron chi connectivity index (χ1n) is 9.00. The van der Waals surface area contributed by atoms with E-state index in [2.05, 4.69) is 6.92 Å². The Hall–Kier alpha value is -0.0800. The van der Waals surface area contributed by atoms with Crippen molar-refractivity contribution in [3.8, 4) is 0 Å². The molecule has 0 heterocycles. The summed E-state index contributed by atoms with van der Waals surface area (Å²) >= 11 is 0. The van der Waals surface area contributed by atoms with Crippen molar-refractivity contribution < 1.29 is 10.2 Å². The Labute approximate surface area is 125 Å². The van der Waals surface area contributed by atoms with Gasteiger partial charge in [0, 0.05) is 19.1 Å². The molecule has 0 aromatic carbocycles. The van der Waals surface area contributed by atoms with Crippen LogP contribution < -0.4 is 0 Å². The van der Waals surface area contributed by atoms with Crippen molar-refractivity contribution in [2.24, 2.45) is 29.6 Å². The fourth-order valence-corrected chi connectivity index (χ4v) is 4.80. The molecule has 2 saturated carbocycles. The van der Waals surface area contributed by atoms with Crippen LogP contribution in [0, 0.1) is 29.6 Å². The van der Waals surface area contributed by atoms with Crippen molar-refractivity contribution in [1.29, 1.82) is 0 Å². The maximum Gasteiger partial charge on any atom is 0.0483 e. The maximum absolute atomic E-state index is 9.31. The van der Waals surface area contributed by atoms with Gasteiger partial charge in [0.1, 0.15) is 0 Å². The largest absolute Gasteiger partial charge is 0.396 e. The van der Waals surface area contributed by atoms with Crippen LogP contribution >= 0.6 is 0 Å². The van der Waals surface area contributed by atoms with E-state index < -0.39 is 0 Å². The lowest BCUT2D eigenvalue weighted by molar-refractivity contribution is 0.0638. The van der Waals surface area contributed by atoms with Crippen LogP contribution in [0.4, 0.5) is 0 Å². The van der Waals surface area contributed by atoms with Crippen molar-refractivity contribution in [2.45, 2.75) is 71.1 Å². The van der Waals surface area contributed by atoms with E-state index in [0.717, 1.165) is 17.8 Å². The highest BCUT2D eigenvalue weighted by atomic mass is 16.3. The van der Waals surface area contributed by atoms with Gasteiger partial charge in [-0.15, -0.1) is 0 Å². The Bertz CT molecular complexity index is 246. The highest BCUT2D eigenvalue weighted by Crippen LogP contribution is 2.43. The lowest BCUT2D eigenvalue weighted by atomic mass is 9.67. The maximum atomic E-state index is 9.31. The molecule has 20 heavy (non-hydrogen) atoms. The molecule has 0 amide bonds. The van der Waals surface area contributed by atoms with Gasteiger partial charge in [0.15, 0.2) is 0 Å². The summed E-state index contributed by atoms with van der Waals surface area (Å²) in [5, 5.41) is 18.6. The summed E-state index contributed by atoms with van der Waals surface area (Å²) in [6.07, 6.45) is 13.8. The van der Waals surface area contributed by atoms with E-state index >= 15 is 0 Å². The van der Waals surface area contributed by atoms with Crippen LogP contribution in [0.15, 0.2) is 0 Å². The van der Waals surface area contributed by atoms with Crippen molar-refractivity contribution in [2.75, 3.05) is 13.2 Å². The average molecular weight is 282 g/mol. The van der Waals surface area contributed by atoms with Gasteiger partial charge < -0.3 is 10.2 Å². The second-order valence-corrected chi connectivity index (χ2v) is 7.37. The predicted octanol–water partition coefficient (Wildman–Crippen LogP) is 4.00. The van der Waals surface area contributed by atoms with Gasteiger partial charge in [0.05, 0.1) is 0 Å². The van der Waals surface area contributed by atoms with Crippen molar-refractivity contribution >= 4 is 0 Å². The van der Waals surface area contributed by atoms with Crippen LogP contribution in [0.2, 0.25) is 0 Å². The zero-order valence-corrected chi connectivity index (χ0v) is 13.3. The molecule has 0 aromatic rings. The zero-order chi connectivity index (χ0) is 14.4. The first kappa shape index (κ1) is 16.3. The average Bonchev–Trinajstić information content (AvgIpc) is 2.50. The molecule has 0 aromatic heterocycles. The van der Waals surface area contributed by atoms with E-state index in [1.807, 2.05) is 0 Å². The predicted molar refractivity (Wildman–Crippen MR) is 83.5 cm³/mol. The minimum atomic E-state index is 0.135. The quantitative estimate of drug-likeness (QED) is 0.773. The minimum Gasteiger partial charge on any atom is -0.396 e. The first-order valence-corrected chi connectivity index (χ1v) is 9.00. The SMILES string of the molecule is CCC[C@H]1CC[C@H](C2CCC(C(CO)CO)CC2)CC1. The Morgan fingerprint density at radius 2 is 1.30 bits per heavy atom. The van der Waals surface area contributed by atoms with Gasteiger partial charge in [-0.1, -0.05) is 32.6 Å². The van der Waals surface area contributed by atoms with E-state index in [1.165, 1.54) is 64.2 Å². The number of rotatable bonds is 6. The van der Waals surface area contributed by atoms with Crippen LogP contribution in [0.5, 0.6) is 0 Å². The molecule has 0 bridgehead atoms. The molecule has 0 radical (unpaired) electrons. The van der Waals surface area contributed by atoms with E-state index in [9.17, 15) is 10.2 Å². The van der Waals surface area contributed by atoms with E-state index in [-0.39, 0.29) is 19.1 Å². The van der Waals surface area contributed by atoms with Gasteiger partial charge in [0.25, 0.3) is 0 Å². The molecule has 0 spiro atoms. The monoisotopic (exact) mass is 282 g/mol. The second kappa shape index (κ2) is 8.38. The molecule has 2 rings (SSSR count). The van der Waals surface area contributed by atoms with Gasteiger partial charge in [-0.05, 0) is 62.2 Å². The molecule has 2 fully saturated rings. The molecule has 0 atom stereocenters. The molecule has 2 nitrogen and oxygen atoms in total. The summed E-state index contributed by atoms with van der Waals surface area (Å²) in [5.74, 6) is 3.63. The molecule has 118 valence electrons. The highest BCUT2D eigenvalue weighted by molar-refractivity contribution is 4.83. The smallest absolute Gasteiger partial charge is 0.0483 e. The number of hydrogen-bond donors (Lipinski definition) is 2. The van der Waals surface area contributed by atoms with Gasteiger partial charge in [-0.25, -0.2) is 0 Å². The zero-order valence-electron chi connectivity index (χ0n) is 13.3. The van der Waals surface area contributed by atoms with Crippen molar-refractivity contribution in [3.63, 3.8) is 0 Å². The van der Waals surface area contributed by atoms with E-state index in [1.54, 1.807) is 0 Å². The molecule has 0 saturated heterocycles. The topological polar surface area (TPSA) is 40.5 Å². The molecule has 0 unspecified atom stereocenters. The molecular weight excluding hydrogens is 248 g/mol. The summed E-state index contributed by atoms with van der Waals surface area (Å²) in [6, 6.07) is 0. The third-order valence-corrected chi connectivity index (χ3v) is 6.21. The summed E-state index contributed by atoms with van der Waals surface area (Å²) in [5.41, 5.74) is 0. The second-order valence-electron chi connectivity index (χ2n) is 7.37. The van der Waals surface area contributed by atoms with E-state index in [0.29, 0.717) is 5.92 Å². The third-order valence-electron chi connectivity index (χ3n) is 6.21. The van der Waals surface area contributed by atoms with Crippen LogP contribution in [0.3, 0.4) is 0 Å². The number of aliphatic hydroxyl groups is 2. The first-order chi connectivity index (χ1) is 9.78. The number of aliphatic hydroxyl groups excluding tert-OH is 2. The van der Waals surface area contributed by atoms with Crippen LogP contribution in [0.1, 0.15) is 71.1 Å². The molecule has 0 aliphatic heterocycles.